The molecule has 3 nitrogen and oxygen atoms in total. The number of nitrogens with zero attached hydrogens (tertiary/aromatic N) is 2. The zero-order valence-corrected chi connectivity index (χ0v) is 11.2. The number of anilines is 2. The van der Waals surface area contributed by atoms with Crippen LogP contribution in [0.25, 0.3) is 0 Å². The minimum Gasteiger partial charge on any atom is -0.384 e. The van der Waals surface area contributed by atoms with Crippen LogP contribution in [0.4, 0.5) is 11.5 Å². The van der Waals surface area contributed by atoms with Gasteiger partial charge in [0, 0.05) is 18.1 Å². The van der Waals surface area contributed by atoms with Crippen LogP contribution >= 0.6 is 15.9 Å². The third-order valence-electron chi connectivity index (χ3n) is 2.58. The van der Waals surface area contributed by atoms with Crippen LogP contribution in [0, 0.1) is 0 Å². The van der Waals surface area contributed by atoms with Crippen LogP contribution in [0.1, 0.15) is 5.56 Å². The molecule has 0 spiro atoms. The Morgan fingerprint density at radius 3 is 2.65 bits per heavy atom. The average molecular weight is 292 g/mol. The number of hydrogen-bond acceptors (Lipinski definition) is 3. The molecule has 2 N–H and O–H groups in total. The highest BCUT2D eigenvalue weighted by molar-refractivity contribution is 9.10. The smallest absolute Gasteiger partial charge is 0.123 e. The molecule has 2 rings (SSSR count). The summed E-state index contributed by atoms with van der Waals surface area (Å²) in [7, 11) is 2.03. The minimum absolute atomic E-state index is 0.544. The molecule has 1 heterocycles. The highest BCUT2D eigenvalue weighted by Gasteiger charge is 2.04. The maximum atomic E-state index is 5.57. The normalized spacial score (nSPS) is 10.2. The van der Waals surface area contributed by atoms with Crippen molar-refractivity contribution >= 4 is 27.4 Å². The molecule has 0 aliphatic heterocycles. The molecule has 0 amide bonds. The Morgan fingerprint density at radius 1 is 1.24 bits per heavy atom. The van der Waals surface area contributed by atoms with E-state index in [-0.39, 0.29) is 0 Å². The summed E-state index contributed by atoms with van der Waals surface area (Å²) in [6.07, 6.45) is 1.78. The molecule has 0 atom stereocenters. The van der Waals surface area contributed by atoms with E-state index in [0.29, 0.717) is 5.82 Å². The lowest BCUT2D eigenvalue weighted by Crippen LogP contribution is -2.16. The molecule has 1 aromatic carbocycles. The largest absolute Gasteiger partial charge is 0.384 e. The monoisotopic (exact) mass is 291 g/mol. The zero-order chi connectivity index (χ0) is 12.3. The minimum atomic E-state index is 0.544. The van der Waals surface area contributed by atoms with Gasteiger partial charge in [-0.3, -0.25) is 0 Å². The Bertz CT molecular complexity index is 496. The zero-order valence-electron chi connectivity index (χ0n) is 9.60. The van der Waals surface area contributed by atoms with Gasteiger partial charge in [-0.25, -0.2) is 4.98 Å². The van der Waals surface area contributed by atoms with Crippen molar-refractivity contribution in [3.05, 3.63) is 52.6 Å². The molecule has 0 radical (unpaired) electrons. The lowest BCUT2D eigenvalue weighted by atomic mass is 10.2. The third-order valence-corrected chi connectivity index (χ3v) is 3.35. The summed E-state index contributed by atoms with van der Waals surface area (Å²) in [5.74, 6) is 0.544. The number of hydrogen-bond donors (Lipinski definition) is 1. The summed E-state index contributed by atoms with van der Waals surface area (Å²) < 4.78 is 1.12. The van der Waals surface area contributed by atoms with Crippen molar-refractivity contribution in [1.29, 1.82) is 0 Å². The molecule has 0 saturated carbocycles. The Morgan fingerprint density at radius 2 is 2.00 bits per heavy atom. The quantitative estimate of drug-likeness (QED) is 0.945. The second kappa shape index (κ2) is 5.19. The fourth-order valence-electron chi connectivity index (χ4n) is 1.60. The summed E-state index contributed by atoms with van der Waals surface area (Å²) >= 11 is 3.55. The van der Waals surface area contributed by atoms with Gasteiger partial charge in [-0.15, -0.1) is 0 Å². The number of aromatic nitrogens is 1. The van der Waals surface area contributed by atoms with E-state index in [0.717, 1.165) is 16.7 Å². The summed E-state index contributed by atoms with van der Waals surface area (Å²) in [4.78, 5) is 6.22. The lowest BCUT2D eigenvalue weighted by molar-refractivity contribution is 0.914. The molecule has 0 saturated heterocycles. The van der Waals surface area contributed by atoms with E-state index < -0.39 is 0 Å². The third kappa shape index (κ3) is 2.97. The standard InChI is InChI=1S/C13H14BrN3/c1-17(11-6-7-13(15)16-8-11)9-10-4-2-3-5-12(10)14/h2-8H,9H2,1H3,(H2,15,16). The molecule has 0 fully saturated rings. The van der Waals surface area contributed by atoms with Crippen LogP contribution in [-0.2, 0) is 6.54 Å². The predicted octanol–water partition coefficient (Wildman–Crippen LogP) is 3.06. The van der Waals surface area contributed by atoms with Crippen LogP contribution in [0.15, 0.2) is 47.1 Å². The fourth-order valence-corrected chi connectivity index (χ4v) is 2.01. The van der Waals surface area contributed by atoms with Crippen molar-refractivity contribution in [1.82, 2.24) is 4.98 Å². The Labute approximate surface area is 109 Å². The van der Waals surface area contributed by atoms with Crippen molar-refractivity contribution in [3.63, 3.8) is 0 Å². The summed E-state index contributed by atoms with van der Waals surface area (Å²) in [6, 6.07) is 12.0. The van der Waals surface area contributed by atoms with Gasteiger partial charge in [0.25, 0.3) is 0 Å². The van der Waals surface area contributed by atoms with Gasteiger partial charge in [0.05, 0.1) is 11.9 Å². The number of pyridine rings is 1. The highest BCUT2D eigenvalue weighted by Crippen LogP contribution is 2.20. The van der Waals surface area contributed by atoms with Gasteiger partial charge in [0.15, 0.2) is 0 Å². The number of nitrogen functional groups attached to an aromatic ring is 1. The van der Waals surface area contributed by atoms with Gasteiger partial charge in [0.2, 0.25) is 0 Å². The Balaban J connectivity index is 2.14. The van der Waals surface area contributed by atoms with E-state index in [2.05, 4.69) is 31.9 Å². The van der Waals surface area contributed by atoms with Crippen molar-refractivity contribution < 1.29 is 0 Å². The van der Waals surface area contributed by atoms with Gasteiger partial charge in [-0.2, -0.15) is 0 Å². The van der Waals surface area contributed by atoms with E-state index in [1.54, 1.807) is 6.20 Å². The summed E-state index contributed by atoms with van der Waals surface area (Å²) in [6.45, 7) is 0.826. The molecule has 0 aliphatic rings. The SMILES string of the molecule is CN(Cc1ccccc1Br)c1ccc(N)nc1. The molecule has 0 aliphatic carbocycles. The molecule has 17 heavy (non-hydrogen) atoms. The molecular formula is C13H14BrN3. The first-order valence-corrected chi connectivity index (χ1v) is 6.12. The first kappa shape index (κ1) is 11.9. The second-order valence-corrected chi connectivity index (χ2v) is 4.74. The highest BCUT2D eigenvalue weighted by atomic mass is 79.9. The molecule has 1 aromatic heterocycles. The number of benzene rings is 1. The van der Waals surface area contributed by atoms with Gasteiger partial charge >= 0.3 is 0 Å². The predicted molar refractivity (Wildman–Crippen MR) is 74.9 cm³/mol. The van der Waals surface area contributed by atoms with Crippen LogP contribution in [0.5, 0.6) is 0 Å². The van der Waals surface area contributed by atoms with E-state index in [9.17, 15) is 0 Å². The topological polar surface area (TPSA) is 42.1 Å². The first-order chi connectivity index (χ1) is 8.16. The number of nitrogens with two attached hydrogens (primary N) is 1. The maximum Gasteiger partial charge on any atom is 0.123 e. The summed E-state index contributed by atoms with van der Waals surface area (Å²) in [5, 5.41) is 0. The molecular weight excluding hydrogens is 278 g/mol. The van der Waals surface area contributed by atoms with Crippen LogP contribution in [-0.4, -0.2) is 12.0 Å². The summed E-state index contributed by atoms with van der Waals surface area (Å²) in [5.41, 5.74) is 7.86. The maximum absolute atomic E-state index is 5.57. The van der Waals surface area contributed by atoms with Gasteiger partial charge in [-0.1, -0.05) is 34.1 Å². The van der Waals surface area contributed by atoms with Gasteiger partial charge in [0.1, 0.15) is 5.82 Å². The molecule has 2 aromatic rings. The van der Waals surface area contributed by atoms with Gasteiger partial charge < -0.3 is 10.6 Å². The molecule has 88 valence electrons. The van der Waals surface area contributed by atoms with E-state index in [1.807, 2.05) is 37.4 Å². The van der Waals surface area contributed by atoms with E-state index in [4.69, 9.17) is 5.73 Å². The number of halogens is 1. The molecule has 4 heteroatoms. The number of rotatable bonds is 3. The lowest BCUT2D eigenvalue weighted by Gasteiger charge is -2.19. The molecule has 0 unspecified atom stereocenters. The van der Waals surface area contributed by atoms with Gasteiger partial charge in [-0.05, 0) is 23.8 Å². The van der Waals surface area contributed by atoms with Crippen LogP contribution < -0.4 is 10.6 Å². The second-order valence-electron chi connectivity index (χ2n) is 3.89. The van der Waals surface area contributed by atoms with E-state index >= 15 is 0 Å². The fraction of sp³-hybridized carbons (Fsp3) is 0.154. The Kier molecular flexibility index (Phi) is 3.64. The van der Waals surface area contributed by atoms with Crippen molar-refractivity contribution in [3.8, 4) is 0 Å². The van der Waals surface area contributed by atoms with Crippen LogP contribution in [0.2, 0.25) is 0 Å². The van der Waals surface area contributed by atoms with Crippen molar-refractivity contribution in [2.24, 2.45) is 0 Å². The van der Waals surface area contributed by atoms with Crippen molar-refractivity contribution in [2.45, 2.75) is 6.54 Å². The Hall–Kier alpha value is -1.55. The first-order valence-electron chi connectivity index (χ1n) is 5.33. The van der Waals surface area contributed by atoms with Crippen LogP contribution in [0.3, 0.4) is 0 Å². The molecule has 0 bridgehead atoms. The average Bonchev–Trinajstić information content (AvgIpc) is 2.33. The van der Waals surface area contributed by atoms with Crippen molar-refractivity contribution in [2.75, 3.05) is 17.7 Å². The van der Waals surface area contributed by atoms with E-state index in [1.165, 1.54) is 5.56 Å².